The Morgan fingerprint density at radius 2 is 1.91 bits per heavy atom. The predicted octanol–water partition coefficient (Wildman–Crippen LogP) is 2.03. The maximum absolute atomic E-state index is 12.2. The minimum absolute atomic E-state index is 0.0181. The van der Waals surface area contributed by atoms with Crippen molar-refractivity contribution in [2.45, 2.75) is 38.1 Å². The second-order valence-corrected chi connectivity index (χ2v) is 6.32. The van der Waals surface area contributed by atoms with Gasteiger partial charge in [0.15, 0.2) is 0 Å². The molecule has 2 saturated heterocycles. The highest BCUT2D eigenvalue weighted by molar-refractivity contribution is 6.04. The lowest BCUT2D eigenvalue weighted by Crippen LogP contribution is -2.34. The summed E-state index contributed by atoms with van der Waals surface area (Å²) in [5.41, 5.74) is 1.34. The average molecular weight is 315 g/mol. The van der Waals surface area contributed by atoms with Gasteiger partial charge < -0.3 is 10.2 Å². The summed E-state index contributed by atoms with van der Waals surface area (Å²) in [5.74, 6) is 0.0181. The number of urea groups is 1. The van der Waals surface area contributed by atoms with Crippen LogP contribution in [-0.4, -0.2) is 54.0 Å². The number of carbonyl (C=O) groups excluding carboxylic acids is 2. The number of fused-ring (bicyclic) bond motifs is 1. The number of nitrogens with one attached hydrogen (secondary N) is 1. The van der Waals surface area contributed by atoms with E-state index in [4.69, 9.17) is 0 Å². The number of nitrogens with zero attached hydrogens (tertiary/aromatic N) is 2. The van der Waals surface area contributed by atoms with Crippen LogP contribution in [0.4, 0.5) is 4.79 Å². The van der Waals surface area contributed by atoms with Crippen molar-refractivity contribution in [3.8, 4) is 0 Å². The highest BCUT2D eigenvalue weighted by Gasteiger charge is 2.46. The fourth-order valence-corrected chi connectivity index (χ4v) is 3.41. The molecule has 1 N–H and O–H groups in total. The first kappa shape index (κ1) is 16.0. The Balaban J connectivity index is 1.29. The van der Waals surface area contributed by atoms with Gasteiger partial charge in [-0.15, -0.1) is 0 Å². The van der Waals surface area contributed by atoms with Crippen molar-refractivity contribution >= 4 is 11.9 Å². The van der Waals surface area contributed by atoms with Crippen molar-refractivity contribution in [1.29, 1.82) is 0 Å². The summed E-state index contributed by atoms with van der Waals surface area (Å²) in [6.45, 7) is 3.19. The molecule has 3 rings (SSSR count). The van der Waals surface area contributed by atoms with Crippen LogP contribution in [0.3, 0.4) is 0 Å². The number of unbranched alkanes of at least 4 members (excludes halogenated alkanes) is 1. The first-order valence-electron chi connectivity index (χ1n) is 8.64. The Morgan fingerprint density at radius 1 is 1.09 bits per heavy atom. The third kappa shape index (κ3) is 3.72. The molecule has 2 aliphatic heterocycles. The molecular weight excluding hydrogens is 290 g/mol. The summed E-state index contributed by atoms with van der Waals surface area (Å²) < 4.78 is 0. The van der Waals surface area contributed by atoms with Crippen LogP contribution in [0.2, 0.25) is 0 Å². The molecule has 0 radical (unpaired) electrons. The zero-order chi connectivity index (χ0) is 16.1. The standard InChI is InChI=1S/C18H25N3O2/c22-17-16-9-6-14-20(16)18(23)21(17)13-5-4-11-19-12-10-15-7-2-1-3-8-15/h1-3,7-8,16,19H,4-6,9-14H2. The van der Waals surface area contributed by atoms with E-state index in [0.717, 1.165) is 51.7 Å². The van der Waals surface area contributed by atoms with Gasteiger partial charge in [0, 0.05) is 13.1 Å². The Bertz CT molecular complexity index is 524. The van der Waals surface area contributed by atoms with E-state index in [-0.39, 0.29) is 18.0 Å². The van der Waals surface area contributed by atoms with Crippen LogP contribution in [-0.2, 0) is 11.2 Å². The van der Waals surface area contributed by atoms with Crippen molar-refractivity contribution in [3.05, 3.63) is 35.9 Å². The molecule has 23 heavy (non-hydrogen) atoms. The predicted molar refractivity (Wildman–Crippen MR) is 89.1 cm³/mol. The van der Waals surface area contributed by atoms with E-state index in [1.165, 1.54) is 10.5 Å². The third-order valence-electron chi connectivity index (χ3n) is 4.70. The molecule has 0 spiro atoms. The first-order chi connectivity index (χ1) is 11.3. The van der Waals surface area contributed by atoms with Gasteiger partial charge in [0.05, 0.1) is 0 Å². The maximum atomic E-state index is 12.2. The van der Waals surface area contributed by atoms with Gasteiger partial charge in [0.25, 0.3) is 5.91 Å². The number of hydrogen-bond donors (Lipinski definition) is 1. The Kier molecular flexibility index (Phi) is 5.28. The van der Waals surface area contributed by atoms with Gasteiger partial charge in [-0.3, -0.25) is 9.69 Å². The minimum atomic E-state index is -0.161. The normalized spacial score (nSPS) is 20.4. The number of hydrogen-bond acceptors (Lipinski definition) is 3. The van der Waals surface area contributed by atoms with Gasteiger partial charge in [-0.1, -0.05) is 30.3 Å². The van der Waals surface area contributed by atoms with Crippen LogP contribution < -0.4 is 5.32 Å². The number of rotatable bonds is 8. The van der Waals surface area contributed by atoms with Gasteiger partial charge in [-0.25, -0.2) is 4.79 Å². The molecule has 1 aromatic carbocycles. The van der Waals surface area contributed by atoms with Gasteiger partial charge >= 0.3 is 6.03 Å². The fraction of sp³-hybridized carbons (Fsp3) is 0.556. The minimum Gasteiger partial charge on any atom is -0.316 e. The molecule has 1 unspecified atom stereocenters. The smallest absolute Gasteiger partial charge is 0.316 e. The lowest BCUT2D eigenvalue weighted by atomic mass is 10.1. The van der Waals surface area contributed by atoms with E-state index in [1.54, 1.807) is 4.90 Å². The summed E-state index contributed by atoms with van der Waals surface area (Å²) in [7, 11) is 0. The summed E-state index contributed by atoms with van der Waals surface area (Å²) in [6, 6.07) is 10.2. The van der Waals surface area contributed by atoms with Crippen molar-refractivity contribution in [1.82, 2.24) is 15.1 Å². The molecule has 2 heterocycles. The van der Waals surface area contributed by atoms with Gasteiger partial charge in [0.2, 0.25) is 0 Å². The second kappa shape index (κ2) is 7.59. The first-order valence-corrected chi connectivity index (χ1v) is 8.64. The number of benzene rings is 1. The van der Waals surface area contributed by atoms with Gasteiger partial charge in [0.1, 0.15) is 6.04 Å². The number of carbonyl (C=O) groups is 2. The SMILES string of the molecule is O=C1C2CCCN2C(=O)N1CCCCNCCc1ccccc1. The average Bonchev–Trinajstić information content (AvgIpc) is 3.14. The molecule has 0 aromatic heterocycles. The van der Waals surface area contributed by atoms with Crippen LogP contribution in [0.5, 0.6) is 0 Å². The summed E-state index contributed by atoms with van der Waals surface area (Å²) in [4.78, 5) is 27.5. The van der Waals surface area contributed by atoms with E-state index in [2.05, 4.69) is 29.6 Å². The molecular formula is C18H25N3O2. The van der Waals surface area contributed by atoms with Crippen molar-refractivity contribution in [2.24, 2.45) is 0 Å². The monoisotopic (exact) mass is 315 g/mol. The quantitative estimate of drug-likeness (QED) is 0.590. The lowest BCUT2D eigenvalue weighted by Gasteiger charge is -2.15. The lowest BCUT2D eigenvalue weighted by molar-refractivity contribution is -0.128. The molecule has 124 valence electrons. The van der Waals surface area contributed by atoms with E-state index < -0.39 is 0 Å². The van der Waals surface area contributed by atoms with Crippen molar-refractivity contribution in [3.63, 3.8) is 0 Å². The van der Waals surface area contributed by atoms with Crippen LogP contribution in [0.15, 0.2) is 30.3 Å². The van der Waals surface area contributed by atoms with Crippen LogP contribution in [0.1, 0.15) is 31.2 Å². The third-order valence-corrected chi connectivity index (χ3v) is 4.70. The topological polar surface area (TPSA) is 52.7 Å². The highest BCUT2D eigenvalue weighted by atomic mass is 16.2. The summed E-state index contributed by atoms with van der Waals surface area (Å²) in [6.07, 6.45) is 4.68. The molecule has 5 nitrogen and oxygen atoms in total. The zero-order valence-electron chi connectivity index (χ0n) is 13.5. The zero-order valence-corrected chi connectivity index (χ0v) is 13.5. The summed E-state index contributed by atoms with van der Waals surface area (Å²) >= 11 is 0. The Hall–Kier alpha value is -1.88. The molecule has 0 bridgehead atoms. The number of amides is 3. The molecule has 0 aliphatic carbocycles. The highest BCUT2D eigenvalue weighted by Crippen LogP contribution is 2.27. The summed E-state index contributed by atoms with van der Waals surface area (Å²) in [5, 5.41) is 3.42. The van der Waals surface area contributed by atoms with Crippen molar-refractivity contribution in [2.75, 3.05) is 26.2 Å². The van der Waals surface area contributed by atoms with E-state index in [1.807, 2.05) is 6.07 Å². The van der Waals surface area contributed by atoms with Crippen LogP contribution >= 0.6 is 0 Å². The molecule has 5 heteroatoms. The fourth-order valence-electron chi connectivity index (χ4n) is 3.41. The van der Waals surface area contributed by atoms with Crippen LogP contribution in [0.25, 0.3) is 0 Å². The second-order valence-electron chi connectivity index (χ2n) is 6.32. The molecule has 1 aromatic rings. The van der Waals surface area contributed by atoms with Gasteiger partial charge in [-0.05, 0) is 50.8 Å². The number of imide groups is 1. The molecule has 2 aliphatic rings. The Labute approximate surface area is 137 Å². The van der Waals surface area contributed by atoms with Crippen LogP contribution in [0, 0.1) is 0 Å². The molecule has 3 amide bonds. The largest absolute Gasteiger partial charge is 0.327 e. The molecule has 1 atom stereocenters. The van der Waals surface area contributed by atoms with Crippen molar-refractivity contribution < 1.29 is 9.59 Å². The van der Waals surface area contributed by atoms with E-state index >= 15 is 0 Å². The Morgan fingerprint density at radius 3 is 2.70 bits per heavy atom. The van der Waals surface area contributed by atoms with E-state index in [9.17, 15) is 9.59 Å². The molecule has 2 fully saturated rings. The van der Waals surface area contributed by atoms with Gasteiger partial charge in [-0.2, -0.15) is 0 Å². The van der Waals surface area contributed by atoms with E-state index in [0.29, 0.717) is 6.54 Å². The molecule has 0 saturated carbocycles. The maximum Gasteiger partial charge on any atom is 0.327 e.